The zero-order valence-corrected chi connectivity index (χ0v) is 12.6. The molecule has 0 bridgehead atoms. The lowest BCUT2D eigenvalue weighted by molar-refractivity contribution is 0.0521. The number of nitrogens with one attached hydrogen (secondary N) is 2. The first-order valence-corrected chi connectivity index (χ1v) is 7.28. The maximum atomic E-state index is 10.3. The predicted octanol–water partition coefficient (Wildman–Crippen LogP) is 2.12. The van der Waals surface area contributed by atoms with Crippen molar-refractivity contribution in [2.24, 2.45) is 4.99 Å². The van der Waals surface area contributed by atoms with E-state index in [1.165, 1.54) is 0 Å². The van der Waals surface area contributed by atoms with Gasteiger partial charge in [-0.25, -0.2) is 0 Å². The lowest BCUT2D eigenvalue weighted by Crippen LogP contribution is -2.46. The Morgan fingerprint density at radius 2 is 2.15 bits per heavy atom. The number of aliphatic imine (C=N–C) groups is 1. The quantitative estimate of drug-likeness (QED) is 0.583. The zero-order valence-electron chi connectivity index (χ0n) is 12.6. The minimum Gasteiger partial charge on any atom is -0.464 e. The number of furan rings is 1. The molecule has 1 saturated carbocycles. The van der Waals surface area contributed by atoms with Crippen LogP contribution >= 0.6 is 0 Å². The zero-order chi connectivity index (χ0) is 14.6. The molecule has 0 spiro atoms. The van der Waals surface area contributed by atoms with Crippen molar-refractivity contribution in [1.29, 1.82) is 0 Å². The van der Waals surface area contributed by atoms with E-state index in [0.717, 1.165) is 37.2 Å². The van der Waals surface area contributed by atoms with E-state index in [2.05, 4.69) is 15.6 Å². The third-order valence-corrected chi connectivity index (χ3v) is 3.88. The molecule has 1 aliphatic carbocycles. The van der Waals surface area contributed by atoms with E-state index in [4.69, 9.17) is 4.42 Å². The molecule has 5 nitrogen and oxygen atoms in total. The molecule has 1 aromatic heterocycles. The highest BCUT2D eigenvalue weighted by Crippen LogP contribution is 2.28. The van der Waals surface area contributed by atoms with Crippen molar-refractivity contribution >= 4 is 5.96 Å². The average Bonchev–Trinajstić information content (AvgIpc) is 3.04. The molecule has 1 fully saturated rings. The molecule has 5 heteroatoms. The lowest BCUT2D eigenvalue weighted by Gasteiger charge is -2.24. The molecule has 0 aromatic carbocycles. The van der Waals surface area contributed by atoms with Gasteiger partial charge in [0, 0.05) is 13.6 Å². The highest BCUT2D eigenvalue weighted by molar-refractivity contribution is 5.80. The van der Waals surface area contributed by atoms with Crippen LogP contribution in [0.3, 0.4) is 0 Å². The Labute approximate surface area is 120 Å². The fourth-order valence-corrected chi connectivity index (χ4v) is 2.62. The van der Waals surface area contributed by atoms with Gasteiger partial charge in [-0.1, -0.05) is 12.8 Å². The first kappa shape index (κ1) is 14.9. The van der Waals surface area contributed by atoms with Gasteiger partial charge in [0.05, 0.1) is 11.6 Å². The van der Waals surface area contributed by atoms with Crippen LogP contribution in [0.2, 0.25) is 0 Å². The van der Waals surface area contributed by atoms with Gasteiger partial charge in [-0.3, -0.25) is 4.99 Å². The second-order valence-electron chi connectivity index (χ2n) is 5.67. The van der Waals surface area contributed by atoms with Crippen molar-refractivity contribution in [1.82, 2.24) is 10.6 Å². The van der Waals surface area contributed by atoms with Gasteiger partial charge in [0.15, 0.2) is 5.96 Å². The van der Waals surface area contributed by atoms with Gasteiger partial charge in [-0.15, -0.1) is 0 Å². The van der Waals surface area contributed by atoms with E-state index in [-0.39, 0.29) is 6.04 Å². The first-order chi connectivity index (χ1) is 9.52. The summed E-state index contributed by atoms with van der Waals surface area (Å²) >= 11 is 0. The smallest absolute Gasteiger partial charge is 0.191 e. The SMILES string of the molecule is CN=C(NCC1(O)CCCC1)NC(C)c1ccc(C)o1. The van der Waals surface area contributed by atoms with E-state index in [0.29, 0.717) is 12.5 Å². The maximum absolute atomic E-state index is 10.3. The molecule has 2 rings (SSSR count). The van der Waals surface area contributed by atoms with Crippen LogP contribution in [0.25, 0.3) is 0 Å². The van der Waals surface area contributed by atoms with E-state index in [1.54, 1.807) is 7.05 Å². The van der Waals surface area contributed by atoms with E-state index in [1.807, 2.05) is 26.0 Å². The summed E-state index contributed by atoms with van der Waals surface area (Å²) in [5.41, 5.74) is -0.581. The molecule has 1 heterocycles. The van der Waals surface area contributed by atoms with Crippen LogP contribution in [0.1, 0.15) is 50.2 Å². The Balaban J connectivity index is 1.86. The van der Waals surface area contributed by atoms with Crippen LogP contribution in [-0.2, 0) is 0 Å². The largest absolute Gasteiger partial charge is 0.464 e. The average molecular weight is 279 g/mol. The topological polar surface area (TPSA) is 69.8 Å². The number of hydrogen-bond donors (Lipinski definition) is 3. The molecular formula is C15H25N3O2. The summed E-state index contributed by atoms with van der Waals surface area (Å²) < 4.78 is 5.59. The van der Waals surface area contributed by atoms with Crippen molar-refractivity contribution in [3.8, 4) is 0 Å². The second kappa shape index (κ2) is 6.31. The standard InChI is InChI=1S/C15H25N3O2/c1-11-6-7-13(20-11)12(2)18-14(16-3)17-10-15(19)8-4-5-9-15/h6-7,12,19H,4-5,8-10H2,1-3H3,(H2,16,17,18). The summed E-state index contributed by atoms with van der Waals surface area (Å²) in [6, 6.07) is 3.95. The van der Waals surface area contributed by atoms with E-state index in [9.17, 15) is 5.11 Å². The van der Waals surface area contributed by atoms with E-state index >= 15 is 0 Å². The molecule has 0 saturated heterocycles. The van der Waals surface area contributed by atoms with Crippen molar-refractivity contribution in [3.63, 3.8) is 0 Å². The van der Waals surface area contributed by atoms with Crippen LogP contribution in [0.5, 0.6) is 0 Å². The Kier molecular flexibility index (Phi) is 4.70. The third-order valence-electron chi connectivity index (χ3n) is 3.88. The van der Waals surface area contributed by atoms with Crippen molar-refractivity contribution < 1.29 is 9.52 Å². The summed E-state index contributed by atoms with van der Waals surface area (Å²) in [4.78, 5) is 4.19. The minimum absolute atomic E-state index is 0.0353. The molecule has 1 atom stereocenters. The van der Waals surface area contributed by atoms with Gasteiger partial charge in [-0.2, -0.15) is 0 Å². The molecule has 0 aliphatic heterocycles. The molecule has 112 valence electrons. The van der Waals surface area contributed by atoms with Crippen molar-refractivity contribution in [2.75, 3.05) is 13.6 Å². The number of rotatable bonds is 4. The fraction of sp³-hybridized carbons (Fsp3) is 0.667. The van der Waals surface area contributed by atoms with Crippen molar-refractivity contribution in [2.45, 2.75) is 51.2 Å². The molecule has 0 radical (unpaired) electrons. The normalized spacial score (nSPS) is 19.9. The van der Waals surface area contributed by atoms with Gasteiger partial charge in [-0.05, 0) is 38.8 Å². The number of nitrogens with zero attached hydrogens (tertiary/aromatic N) is 1. The Morgan fingerprint density at radius 3 is 2.70 bits per heavy atom. The molecule has 20 heavy (non-hydrogen) atoms. The van der Waals surface area contributed by atoms with Crippen LogP contribution in [-0.4, -0.2) is 30.3 Å². The fourth-order valence-electron chi connectivity index (χ4n) is 2.62. The van der Waals surface area contributed by atoms with Crippen LogP contribution < -0.4 is 10.6 Å². The van der Waals surface area contributed by atoms with Crippen LogP contribution in [0.4, 0.5) is 0 Å². The summed E-state index contributed by atoms with van der Waals surface area (Å²) in [6.45, 7) is 4.49. The van der Waals surface area contributed by atoms with E-state index < -0.39 is 5.60 Å². The highest BCUT2D eigenvalue weighted by Gasteiger charge is 2.31. The lowest BCUT2D eigenvalue weighted by atomic mass is 10.0. The summed E-state index contributed by atoms with van der Waals surface area (Å²) in [7, 11) is 1.73. The summed E-state index contributed by atoms with van der Waals surface area (Å²) in [5, 5.41) is 16.8. The summed E-state index contributed by atoms with van der Waals surface area (Å²) in [6.07, 6.45) is 3.94. The molecule has 1 aliphatic rings. The van der Waals surface area contributed by atoms with Gasteiger partial charge in [0.25, 0.3) is 0 Å². The van der Waals surface area contributed by atoms with Gasteiger partial charge in [0.2, 0.25) is 0 Å². The van der Waals surface area contributed by atoms with Gasteiger partial charge < -0.3 is 20.2 Å². The summed E-state index contributed by atoms with van der Waals surface area (Å²) in [5.74, 6) is 2.47. The molecule has 1 aromatic rings. The van der Waals surface area contributed by atoms with Crippen LogP contribution in [0, 0.1) is 6.92 Å². The highest BCUT2D eigenvalue weighted by atomic mass is 16.3. The van der Waals surface area contributed by atoms with Crippen LogP contribution in [0.15, 0.2) is 21.5 Å². The predicted molar refractivity (Wildman–Crippen MR) is 79.8 cm³/mol. The Hall–Kier alpha value is -1.49. The van der Waals surface area contributed by atoms with Gasteiger partial charge >= 0.3 is 0 Å². The van der Waals surface area contributed by atoms with Crippen molar-refractivity contribution in [3.05, 3.63) is 23.7 Å². The minimum atomic E-state index is -0.581. The number of aryl methyl sites for hydroxylation is 1. The van der Waals surface area contributed by atoms with Gasteiger partial charge in [0.1, 0.15) is 11.5 Å². The number of hydrogen-bond acceptors (Lipinski definition) is 3. The second-order valence-corrected chi connectivity index (χ2v) is 5.67. The Morgan fingerprint density at radius 1 is 1.45 bits per heavy atom. The number of guanidine groups is 1. The molecule has 0 amide bonds. The monoisotopic (exact) mass is 279 g/mol. The third kappa shape index (κ3) is 3.76. The molecular weight excluding hydrogens is 254 g/mol. The number of aliphatic hydroxyl groups is 1. The molecule has 3 N–H and O–H groups in total. The first-order valence-electron chi connectivity index (χ1n) is 7.28. The Bertz CT molecular complexity index is 461. The maximum Gasteiger partial charge on any atom is 0.191 e. The molecule has 1 unspecified atom stereocenters.